The van der Waals surface area contributed by atoms with Crippen LogP contribution in [0.15, 0.2) is 77.4 Å². The minimum absolute atomic E-state index is 0.274. The van der Waals surface area contributed by atoms with Gasteiger partial charge in [0.25, 0.3) is 5.91 Å². The number of benzene rings is 3. The SMILES string of the molecule is Cc1ccc(N2C(=O)C(=Cc3ccc(N(C)C)cc3)N=C2c2ccccc2F)c(C)c1. The van der Waals surface area contributed by atoms with E-state index < -0.39 is 5.82 Å². The molecule has 3 aromatic rings. The molecule has 1 aliphatic rings. The van der Waals surface area contributed by atoms with Crippen LogP contribution in [-0.2, 0) is 4.79 Å². The number of hydrogen-bond donors (Lipinski definition) is 0. The first-order chi connectivity index (χ1) is 14.8. The van der Waals surface area contributed by atoms with Crippen LogP contribution < -0.4 is 9.80 Å². The number of halogens is 1. The Labute approximate surface area is 182 Å². The molecule has 0 bridgehead atoms. The van der Waals surface area contributed by atoms with Crippen molar-refractivity contribution in [1.82, 2.24) is 0 Å². The van der Waals surface area contributed by atoms with Crippen molar-refractivity contribution < 1.29 is 9.18 Å². The van der Waals surface area contributed by atoms with E-state index in [2.05, 4.69) is 4.99 Å². The zero-order chi connectivity index (χ0) is 22.1. The molecule has 0 radical (unpaired) electrons. The quantitative estimate of drug-likeness (QED) is 0.541. The number of carbonyl (C=O) groups is 1. The van der Waals surface area contributed by atoms with Crippen molar-refractivity contribution in [3.8, 4) is 0 Å². The van der Waals surface area contributed by atoms with Gasteiger partial charge in [-0.3, -0.25) is 9.69 Å². The summed E-state index contributed by atoms with van der Waals surface area (Å²) < 4.78 is 14.7. The molecule has 0 saturated heterocycles. The molecule has 156 valence electrons. The lowest BCUT2D eigenvalue weighted by molar-refractivity contribution is -0.113. The standard InChI is InChI=1S/C26H24FN3O/c1-17-9-14-24(18(2)15-17)30-25(21-7-5-6-8-22(21)27)28-23(26(30)31)16-19-10-12-20(13-11-19)29(3)4/h5-16H,1-4H3. The molecule has 3 aromatic carbocycles. The summed E-state index contributed by atoms with van der Waals surface area (Å²) in [6, 6.07) is 20.1. The number of nitrogens with zero attached hydrogens (tertiary/aromatic N) is 3. The summed E-state index contributed by atoms with van der Waals surface area (Å²) >= 11 is 0. The Morgan fingerprint density at radius 2 is 1.68 bits per heavy atom. The van der Waals surface area contributed by atoms with Crippen LogP contribution in [0.2, 0.25) is 0 Å². The van der Waals surface area contributed by atoms with Gasteiger partial charge in [0.15, 0.2) is 5.84 Å². The molecule has 4 nitrogen and oxygen atoms in total. The first kappa shape index (κ1) is 20.5. The molecule has 1 aliphatic heterocycles. The van der Waals surface area contributed by atoms with Crippen LogP contribution >= 0.6 is 0 Å². The normalized spacial score (nSPS) is 14.9. The van der Waals surface area contributed by atoms with Crippen LogP contribution in [0.25, 0.3) is 6.08 Å². The van der Waals surface area contributed by atoms with Gasteiger partial charge in [0, 0.05) is 19.8 Å². The first-order valence-corrected chi connectivity index (χ1v) is 10.1. The van der Waals surface area contributed by atoms with Crippen molar-refractivity contribution in [2.75, 3.05) is 23.9 Å². The smallest absolute Gasteiger partial charge is 0.282 e. The zero-order valence-corrected chi connectivity index (χ0v) is 18.1. The van der Waals surface area contributed by atoms with Crippen LogP contribution in [0, 0.1) is 19.7 Å². The molecule has 0 spiro atoms. The Morgan fingerprint density at radius 1 is 0.968 bits per heavy atom. The van der Waals surface area contributed by atoms with Gasteiger partial charge >= 0.3 is 0 Å². The third-order valence-electron chi connectivity index (χ3n) is 5.28. The van der Waals surface area contributed by atoms with E-state index in [-0.39, 0.29) is 11.6 Å². The maximum Gasteiger partial charge on any atom is 0.282 e. The molecule has 0 fully saturated rings. The van der Waals surface area contributed by atoms with Crippen molar-refractivity contribution in [3.05, 3.63) is 100 Å². The second-order valence-corrected chi connectivity index (χ2v) is 7.86. The number of rotatable bonds is 4. The minimum Gasteiger partial charge on any atom is -0.378 e. The molecule has 5 heteroatoms. The number of amides is 1. The van der Waals surface area contributed by atoms with Gasteiger partial charge in [0.05, 0.1) is 11.3 Å². The Kier molecular flexibility index (Phi) is 5.42. The summed E-state index contributed by atoms with van der Waals surface area (Å²) in [7, 11) is 3.95. The maximum absolute atomic E-state index is 14.7. The Hall–Kier alpha value is -3.73. The second-order valence-electron chi connectivity index (χ2n) is 7.86. The lowest BCUT2D eigenvalue weighted by Gasteiger charge is -2.21. The van der Waals surface area contributed by atoms with E-state index in [1.165, 1.54) is 11.0 Å². The van der Waals surface area contributed by atoms with E-state index in [1.807, 2.05) is 75.3 Å². The van der Waals surface area contributed by atoms with Crippen molar-refractivity contribution in [3.63, 3.8) is 0 Å². The number of hydrogen-bond acceptors (Lipinski definition) is 3. The average Bonchev–Trinajstić information content (AvgIpc) is 3.05. The fourth-order valence-corrected chi connectivity index (χ4v) is 3.65. The van der Waals surface area contributed by atoms with E-state index in [4.69, 9.17) is 0 Å². The molecule has 31 heavy (non-hydrogen) atoms. The van der Waals surface area contributed by atoms with Crippen LogP contribution in [0.3, 0.4) is 0 Å². The highest BCUT2D eigenvalue weighted by Crippen LogP contribution is 2.31. The summed E-state index contributed by atoms with van der Waals surface area (Å²) in [6.45, 7) is 3.94. The molecule has 1 amide bonds. The molecule has 4 rings (SSSR count). The monoisotopic (exact) mass is 413 g/mol. The van der Waals surface area contributed by atoms with Crippen LogP contribution in [0.5, 0.6) is 0 Å². The van der Waals surface area contributed by atoms with Gasteiger partial charge < -0.3 is 4.90 Å². The molecule has 0 saturated carbocycles. The lowest BCUT2D eigenvalue weighted by atomic mass is 10.1. The number of carbonyl (C=O) groups excluding carboxylic acids is 1. The molecule has 0 aliphatic carbocycles. The highest BCUT2D eigenvalue weighted by Gasteiger charge is 2.34. The maximum atomic E-state index is 14.7. The average molecular weight is 413 g/mol. The molecule has 0 aromatic heterocycles. The van der Waals surface area contributed by atoms with Gasteiger partial charge in [-0.15, -0.1) is 0 Å². The highest BCUT2D eigenvalue weighted by molar-refractivity contribution is 6.33. The third-order valence-corrected chi connectivity index (χ3v) is 5.28. The largest absolute Gasteiger partial charge is 0.378 e. The fraction of sp³-hybridized carbons (Fsp3) is 0.154. The number of amidine groups is 1. The van der Waals surface area contributed by atoms with Gasteiger partial charge in [0.1, 0.15) is 11.5 Å². The van der Waals surface area contributed by atoms with Gasteiger partial charge in [-0.05, 0) is 61.4 Å². The van der Waals surface area contributed by atoms with E-state index >= 15 is 0 Å². The molecule has 0 unspecified atom stereocenters. The minimum atomic E-state index is -0.416. The molecular formula is C26H24FN3O. The Bertz CT molecular complexity index is 1210. The van der Waals surface area contributed by atoms with E-state index in [9.17, 15) is 9.18 Å². The predicted octanol–water partition coefficient (Wildman–Crippen LogP) is 5.34. The van der Waals surface area contributed by atoms with Gasteiger partial charge in [-0.25, -0.2) is 9.38 Å². The van der Waals surface area contributed by atoms with Crippen molar-refractivity contribution >= 4 is 29.2 Å². The van der Waals surface area contributed by atoms with Crippen molar-refractivity contribution in [2.24, 2.45) is 4.99 Å². The Balaban J connectivity index is 1.83. The van der Waals surface area contributed by atoms with Crippen LogP contribution in [-0.4, -0.2) is 25.8 Å². The molecule has 0 atom stereocenters. The number of aryl methyl sites for hydroxylation is 2. The van der Waals surface area contributed by atoms with E-state index in [0.29, 0.717) is 17.1 Å². The summed E-state index contributed by atoms with van der Waals surface area (Å²) in [5.74, 6) is -0.395. The fourth-order valence-electron chi connectivity index (χ4n) is 3.65. The number of anilines is 2. The van der Waals surface area contributed by atoms with Crippen molar-refractivity contribution in [2.45, 2.75) is 13.8 Å². The lowest BCUT2D eigenvalue weighted by Crippen LogP contribution is -2.33. The van der Waals surface area contributed by atoms with Crippen LogP contribution in [0.1, 0.15) is 22.3 Å². The summed E-state index contributed by atoms with van der Waals surface area (Å²) in [6.07, 6.45) is 1.74. The van der Waals surface area contributed by atoms with E-state index in [0.717, 1.165) is 22.4 Å². The predicted molar refractivity (Wildman–Crippen MR) is 125 cm³/mol. The Morgan fingerprint density at radius 3 is 2.32 bits per heavy atom. The van der Waals surface area contributed by atoms with E-state index in [1.54, 1.807) is 24.3 Å². The molecule has 1 heterocycles. The highest BCUT2D eigenvalue weighted by atomic mass is 19.1. The van der Waals surface area contributed by atoms with Crippen molar-refractivity contribution in [1.29, 1.82) is 0 Å². The van der Waals surface area contributed by atoms with Gasteiger partial charge in [-0.1, -0.05) is 42.0 Å². The summed E-state index contributed by atoms with van der Waals surface area (Å²) in [5.41, 5.74) is 5.20. The zero-order valence-electron chi connectivity index (χ0n) is 18.1. The van der Waals surface area contributed by atoms with Gasteiger partial charge in [-0.2, -0.15) is 0 Å². The first-order valence-electron chi connectivity index (χ1n) is 10.1. The third kappa shape index (κ3) is 3.99. The number of aliphatic imine (C=N–C) groups is 1. The topological polar surface area (TPSA) is 35.9 Å². The summed E-state index contributed by atoms with van der Waals surface area (Å²) in [5, 5.41) is 0. The second kappa shape index (κ2) is 8.19. The summed E-state index contributed by atoms with van der Waals surface area (Å²) in [4.78, 5) is 21.5. The molecular weight excluding hydrogens is 389 g/mol. The van der Waals surface area contributed by atoms with Gasteiger partial charge in [0.2, 0.25) is 0 Å². The van der Waals surface area contributed by atoms with Crippen LogP contribution in [0.4, 0.5) is 15.8 Å². The molecule has 0 N–H and O–H groups in total.